The van der Waals surface area contributed by atoms with Crippen LogP contribution in [0.4, 0.5) is 5.69 Å². The topological polar surface area (TPSA) is 165 Å². The van der Waals surface area contributed by atoms with Crippen molar-refractivity contribution in [1.82, 2.24) is 14.8 Å². The molecule has 8 aliphatic heterocycles. The molecule has 1 saturated carbocycles. The normalized spacial score (nSPS) is 41.6. The molecule has 2 N–H and O–H groups in total. The molecule has 3 aromatic rings. The molecule has 14 heteroatoms. The van der Waals surface area contributed by atoms with E-state index in [1.54, 1.807) is 7.11 Å². The fraction of sp³-hybridized carbons (Fsp3) is 0.609. The van der Waals surface area contributed by atoms with Gasteiger partial charge < -0.3 is 38.5 Å². The number of benzene rings is 2. The molecule has 13 rings (SSSR count). The van der Waals surface area contributed by atoms with E-state index in [9.17, 15) is 19.5 Å². The number of methoxy groups -OCH3 is 4. The summed E-state index contributed by atoms with van der Waals surface area (Å²) in [7, 11) is 7.91. The van der Waals surface area contributed by atoms with Gasteiger partial charge in [-0.15, -0.1) is 0 Å². The third kappa shape index (κ3) is 4.41. The zero-order valence-electron chi connectivity index (χ0n) is 35.3. The van der Waals surface area contributed by atoms with Gasteiger partial charge in [0.15, 0.2) is 0 Å². The number of piperidine rings is 3. The summed E-state index contributed by atoms with van der Waals surface area (Å²) in [5.74, 6) is -1.30. The minimum absolute atomic E-state index is 0.0425. The third-order valence-corrected chi connectivity index (χ3v) is 16.9. The number of rotatable bonds is 6. The molecule has 8 fully saturated rings. The van der Waals surface area contributed by atoms with Crippen LogP contribution in [0.15, 0.2) is 41.4 Å². The van der Waals surface area contributed by atoms with Crippen molar-refractivity contribution in [3.8, 4) is 5.75 Å². The minimum atomic E-state index is -1.67. The first-order chi connectivity index (χ1) is 28.8. The number of carbonyl (C=O) groups is 3. The van der Waals surface area contributed by atoms with Crippen LogP contribution in [0.25, 0.3) is 10.9 Å². The average Bonchev–Trinajstić information content (AvgIpc) is 3.65. The molecule has 10 aliphatic rings. The van der Waals surface area contributed by atoms with E-state index in [0.29, 0.717) is 55.1 Å². The molecule has 2 aromatic carbocycles. The van der Waals surface area contributed by atoms with Gasteiger partial charge in [0, 0.05) is 70.8 Å². The van der Waals surface area contributed by atoms with E-state index in [1.165, 1.54) is 21.3 Å². The molecule has 0 amide bonds. The predicted octanol–water partition coefficient (Wildman–Crippen LogP) is 4.36. The van der Waals surface area contributed by atoms with Crippen LogP contribution in [0.5, 0.6) is 5.75 Å². The lowest BCUT2D eigenvalue weighted by atomic mass is 9.49. The van der Waals surface area contributed by atoms with Gasteiger partial charge >= 0.3 is 17.9 Å². The van der Waals surface area contributed by atoms with Gasteiger partial charge in [0.25, 0.3) is 0 Å². The Balaban J connectivity index is 1.12. The summed E-state index contributed by atoms with van der Waals surface area (Å²) in [5.41, 5.74) is -0.483. The molecule has 9 heterocycles. The Morgan fingerprint density at radius 2 is 1.80 bits per heavy atom. The third-order valence-electron chi connectivity index (χ3n) is 16.9. The quantitative estimate of drug-likeness (QED) is 0.206. The molecule has 60 heavy (non-hydrogen) atoms. The number of aliphatic hydroxyl groups is 1. The maximum absolute atomic E-state index is 14.6. The highest BCUT2D eigenvalue weighted by Gasteiger charge is 2.80. The smallest absolute Gasteiger partial charge is 0.319 e. The van der Waals surface area contributed by atoms with E-state index in [1.807, 2.05) is 31.3 Å². The first-order valence-electron chi connectivity index (χ1n) is 21.5. The second kappa shape index (κ2) is 12.6. The fourth-order valence-electron chi connectivity index (χ4n) is 14.5. The zero-order chi connectivity index (χ0) is 41.9. The van der Waals surface area contributed by atoms with Gasteiger partial charge in [0.05, 0.1) is 58.0 Å². The minimum Gasteiger partial charge on any atom is -0.496 e. The number of para-hydroxylation sites is 1. The van der Waals surface area contributed by atoms with Gasteiger partial charge in [0.2, 0.25) is 0 Å². The number of aromatic nitrogens is 1. The van der Waals surface area contributed by atoms with E-state index < -0.39 is 33.4 Å². The standard InChI is InChI=1S/C46H54N4O10/c1-8-24-19-42(39(51)56-5)20-43(40(52)57-6)36(24)50(21-42)14-13-45(54)29-15-26(32(55-4)18-31(29)48-37(43)45)27-16-33-44(41(53)58-7)22-59-38(46(33)23(2)60-46)49(3)34(44)17-28-25-11-9-10-12-30(25)47-35(27)28/h9-12,15,18,23-24,27,33-34,36,38,47,54H,8,13-14,16-17,19-22H2,1-7H3/t23-,24-,27-,33-,34-,36-,38-,42+,43-,44-,45-,46-/m0/s1. The molecule has 0 radical (unpaired) electrons. The lowest BCUT2D eigenvalue weighted by molar-refractivity contribution is -0.284. The monoisotopic (exact) mass is 822 g/mol. The maximum Gasteiger partial charge on any atom is 0.319 e. The number of ether oxygens (including phenoxy) is 6. The second-order valence-corrected chi connectivity index (χ2v) is 19.0. The van der Waals surface area contributed by atoms with Crippen LogP contribution >= 0.6 is 0 Å². The van der Waals surface area contributed by atoms with Crippen LogP contribution in [0, 0.1) is 28.1 Å². The molecule has 1 spiro atoms. The molecule has 1 aromatic heterocycles. The van der Waals surface area contributed by atoms with Crippen LogP contribution in [0.2, 0.25) is 0 Å². The predicted molar refractivity (Wildman–Crippen MR) is 217 cm³/mol. The number of nitrogens with one attached hydrogen (secondary N) is 1. The van der Waals surface area contributed by atoms with E-state index in [-0.39, 0.29) is 73.6 Å². The van der Waals surface area contributed by atoms with Crippen LogP contribution in [-0.4, -0.2) is 129 Å². The van der Waals surface area contributed by atoms with Gasteiger partial charge in [0.1, 0.15) is 34.0 Å². The molecule has 13 atom stereocenters. The lowest BCUT2D eigenvalue weighted by Crippen LogP contribution is -2.77. The Hall–Kier alpha value is -4.34. The van der Waals surface area contributed by atoms with Gasteiger partial charge in [-0.2, -0.15) is 0 Å². The lowest BCUT2D eigenvalue weighted by Gasteiger charge is -2.62. The van der Waals surface area contributed by atoms with Crippen molar-refractivity contribution >= 4 is 40.2 Å². The van der Waals surface area contributed by atoms with E-state index in [0.717, 1.165) is 34.1 Å². The van der Waals surface area contributed by atoms with Crippen molar-refractivity contribution in [3.63, 3.8) is 0 Å². The molecule has 1 unspecified atom stereocenters. The van der Waals surface area contributed by atoms with Crippen molar-refractivity contribution in [1.29, 1.82) is 0 Å². The summed E-state index contributed by atoms with van der Waals surface area (Å²) < 4.78 is 36.3. The maximum atomic E-state index is 14.6. The first kappa shape index (κ1) is 38.6. The number of aromatic amines is 1. The van der Waals surface area contributed by atoms with Crippen LogP contribution in [0.1, 0.15) is 74.3 Å². The molecular formula is C46H54N4O10. The molecule has 7 saturated heterocycles. The van der Waals surface area contributed by atoms with Gasteiger partial charge in [-0.3, -0.25) is 29.2 Å². The fourth-order valence-corrected chi connectivity index (χ4v) is 14.5. The summed E-state index contributed by atoms with van der Waals surface area (Å²) in [6, 6.07) is 11.6. The van der Waals surface area contributed by atoms with E-state index in [2.05, 4.69) is 40.8 Å². The number of H-pyrrole nitrogens is 1. The highest BCUT2D eigenvalue weighted by Crippen LogP contribution is 2.68. The Kier molecular flexibility index (Phi) is 8.12. The Bertz CT molecular complexity index is 2420. The number of nitrogens with zero attached hydrogens (tertiary/aromatic N) is 3. The van der Waals surface area contributed by atoms with Crippen molar-refractivity contribution in [2.45, 2.75) is 93.9 Å². The van der Waals surface area contributed by atoms with Crippen LogP contribution in [-0.2, 0) is 50.1 Å². The van der Waals surface area contributed by atoms with Crippen LogP contribution in [0.3, 0.4) is 0 Å². The first-order valence-corrected chi connectivity index (χ1v) is 21.5. The number of esters is 3. The van der Waals surface area contributed by atoms with Crippen molar-refractivity contribution in [2.24, 2.45) is 33.1 Å². The summed E-state index contributed by atoms with van der Waals surface area (Å²) in [5, 5.41) is 14.5. The number of carbonyl (C=O) groups excluding carboxylic acids is 3. The number of epoxide rings is 1. The molecule has 318 valence electrons. The van der Waals surface area contributed by atoms with Crippen molar-refractivity contribution < 1.29 is 47.9 Å². The molecule has 14 nitrogen and oxygen atoms in total. The van der Waals surface area contributed by atoms with Gasteiger partial charge in [-0.05, 0) is 69.7 Å². The number of likely N-dealkylation sites (N-methyl/N-ethyl adjacent to an activating group) is 1. The SMILES string of the molecule is CC[C@H]1C[C@]2(C(=O)OC)CN3CC[C@@]4(O)C(=Nc5cc(OC)c([C@@H]6C[C@H]7[C@@]8(C(=O)OC)CO[C@H](N(C)[C@H]8Cc8c6[nH]c6ccccc86)[C@@]76O[C@H]6C)cc54)[C@](C(=O)OC)(C2)[C@H]13. The summed E-state index contributed by atoms with van der Waals surface area (Å²) in [6.07, 6.45) is 2.24. The number of hydrogen-bond acceptors (Lipinski definition) is 13. The summed E-state index contributed by atoms with van der Waals surface area (Å²) in [6.45, 7) is 5.22. The van der Waals surface area contributed by atoms with E-state index in [4.69, 9.17) is 33.4 Å². The molecule has 2 aliphatic carbocycles. The van der Waals surface area contributed by atoms with Crippen molar-refractivity contribution in [3.05, 3.63) is 58.8 Å². The number of hydrogen-bond donors (Lipinski definition) is 2. The number of fused-ring (bicyclic) bond motifs is 8. The van der Waals surface area contributed by atoms with Crippen molar-refractivity contribution in [2.75, 3.05) is 55.2 Å². The summed E-state index contributed by atoms with van der Waals surface area (Å²) >= 11 is 0. The molecule has 8 bridgehead atoms. The Morgan fingerprint density at radius 3 is 2.50 bits per heavy atom. The van der Waals surface area contributed by atoms with Crippen LogP contribution < -0.4 is 4.74 Å². The highest BCUT2D eigenvalue weighted by atomic mass is 16.7. The Labute approximate surface area is 348 Å². The molecular weight excluding hydrogens is 769 g/mol. The summed E-state index contributed by atoms with van der Waals surface area (Å²) in [4.78, 5) is 56.5. The Morgan fingerprint density at radius 1 is 1.05 bits per heavy atom. The van der Waals surface area contributed by atoms with Gasteiger partial charge in [-0.25, -0.2) is 0 Å². The zero-order valence-corrected chi connectivity index (χ0v) is 35.3. The largest absolute Gasteiger partial charge is 0.496 e. The van der Waals surface area contributed by atoms with Gasteiger partial charge in [-0.1, -0.05) is 31.5 Å². The number of aliphatic imine (C=N–C) groups is 1. The second-order valence-electron chi connectivity index (χ2n) is 19.0. The van der Waals surface area contributed by atoms with E-state index >= 15 is 0 Å². The highest BCUT2D eigenvalue weighted by molar-refractivity contribution is 6.16. The average molecular weight is 823 g/mol.